The minimum Gasteiger partial charge on any atom is -0.0999 e. The number of hydrogen-bond acceptors (Lipinski definition) is 0. The minimum absolute atomic E-state index is 0.791. The van der Waals surface area contributed by atoms with Crippen molar-refractivity contribution in [1.82, 2.24) is 0 Å². The fraction of sp³-hybridized carbons (Fsp3) is 0.846. The van der Waals surface area contributed by atoms with Crippen LogP contribution in [0.2, 0.25) is 0 Å². The SMILES string of the molecule is C=C(CCC)CC(C)C(C)C(C)C. The second-order valence-corrected chi connectivity index (χ2v) is 4.78. The molecule has 0 aromatic rings. The van der Waals surface area contributed by atoms with E-state index >= 15 is 0 Å². The van der Waals surface area contributed by atoms with Gasteiger partial charge >= 0.3 is 0 Å². The summed E-state index contributed by atoms with van der Waals surface area (Å²) in [7, 11) is 0. The molecule has 0 heteroatoms. The zero-order valence-electron chi connectivity index (χ0n) is 10.1. The molecule has 2 unspecified atom stereocenters. The van der Waals surface area contributed by atoms with Gasteiger partial charge in [0.25, 0.3) is 0 Å². The molecule has 0 aliphatic heterocycles. The molecule has 0 aromatic carbocycles. The zero-order chi connectivity index (χ0) is 10.4. The van der Waals surface area contributed by atoms with Gasteiger partial charge in [0.15, 0.2) is 0 Å². The highest BCUT2D eigenvalue weighted by Gasteiger charge is 2.15. The molecule has 0 radical (unpaired) electrons. The first kappa shape index (κ1) is 12.7. The molecule has 78 valence electrons. The van der Waals surface area contributed by atoms with Gasteiger partial charge < -0.3 is 0 Å². The van der Waals surface area contributed by atoms with Crippen molar-refractivity contribution in [2.24, 2.45) is 17.8 Å². The van der Waals surface area contributed by atoms with Crippen molar-refractivity contribution in [2.45, 2.75) is 53.9 Å². The maximum Gasteiger partial charge on any atom is -0.0294 e. The topological polar surface area (TPSA) is 0 Å². The Hall–Kier alpha value is -0.260. The van der Waals surface area contributed by atoms with Crippen LogP contribution in [0.4, 0.5) is 0 Å². The van der Waals surface area contributed by atoms with E-state index in [1.165, 1.54) is 24.8 Å². The molecule has 13 heavy (non-hydrogen) atoms. The lowest BCUT2D eigenvalue weighted by molar-refractivity contribution is 0.293. The van der Waals surface area contributed by atoms with Gasteiger partial charge in [0.05, 0.1) is 0 Å². The lowest BCUT2D eigenvalue weighted by Gasteiger charge is -2.24. The third-order valence-corrected chi connectivity index (χ3v) is 3.16. The predicted molar refractivity (Wildman–Crippen MR) is 61.8 cm³/mol. The van der Waals surface area contributed by atoms with Crippen LogP contribution in [0, 0.1) is 17.8 Å². The normalized spacial score (nSPS) is 15.8. The van der Waals surface area contributed by atoms with E-state index in [0.29, 0.717) is 0 Å². The summed E-state index contributed by atoms with van der Waals surface area (Å²) in [5, 5.41) is 0. The molecule has 0 fully saturated rings. The largest absolute Gasteiger partial charge is 0.0999 e. The van der Waals surface area contributed by atoms with E-state index in [2.05, 4.69) is 41.2 Å². The van der Waals surface area contributed by atoms with E-state index in [1.54, 1.807) is 0 Å². The molecule has 0 bridgehead atoms. The van der Waals surface area contributed by atoms with E-state index in [-0.39, 0.29) is 0 Å². The Labute approximate surface area is 84.4 Å². The molecule has 0 saturated carbocycles. The van der Waals surface area contributed by atoms with Crippen LogP contribution in [0.1, 0.15) is 53.9 Å². The van der Waals surface area contributed by atoms with Gasteiger partial charge in [-0.2, -0.15) is 0 Å². The quantitative estimate of drug-likeness (QED) is 0.524. The average molecular weight is 182 g/mol. The van der Waals surface area contributed by atoms with Gasteiger partial charge in [0.1, 0.15) is 0 Å². The van der Waals surface area contributed by atoms with Crippen molar-refractivity contribution in [3.63, 3.8) is 0 Å². The summed E-state index contributed by atoms with van der Waals surface area (Å²) < 4.78 is 0. The first-order valence-corrected chi connectivity index (χ1v) is 5.65. The van der Waals surface area contributed by atoms with Crippen molar-refractivity contribution in [1.29, 1.82) is 0 Å². The van der Waals surface area contributed by atoms with Gasteiger partial charge in [0, 0.05) is 0 Å². The first-order valence-electron chi connectivity index (χ1n) is 5.65. The summed E-state index contributed by atoms with van der Waals surface area (Å²) in [6.45, 7) is 15.7. The lowest BCUT2D eigenvalue weighted by Crippen LogP contribution is -2.14. The maximum absolute atomic E-state index is 4.13. The predicted octanol–water partition coefficient (Wildman–Crippen LogP) is 4.66. The molecule has 2 atom stereocenters. The van der Waals surface area contributed by atoms with Crippen molar-refractivity contribution in [2.75, 3.05) is 0 Å². The second-order valence-electron chi connectivity index (χ2n) is 4.78. The lowest BCUT2D eigenvalue weighted by atomic mass is 9.82. The molecule has 0 amide bonds. The fourth-order valence-electron chi connectivity index (χ4n) is 1.75. The van der Waals surface area contributed by atoms with Crippen LogP contribution in [0.5, 0.6) is 0 Å². The highest BCUT2D eigenvalue weighted by Crippen LogP contribution is 2.26. The highest BCUT2D eigenvalue weighted by atomic mass is 14.2. The number of rotatable bonds is 6. The van der Waals surface area contributed by atoms with E-state index in [4.69, 9.17) is 0 Å². The van der Waals surface area contributed by atoms with Crippen LogP contribution in [0.25, 0.3) is 0 Å². The Kier molecular flexibility index (Phi) is 6.11. The molecule has 0 rings (SSSR count). The number of allylic oxidation sites excluding steroid dienone is 1. The summed E-state index contributed by atoms with van der Waals surface area (Å²) in [6, 6.07) is 0. The molecule has 0 N–H and O–H groups in total. The van der Waals surface area contributed by atoms with Crippen molar-refractivity contribution in [3.05, 3.63) is 12.2 Å². The molecule has 0 aromatic heterocycles. The molecule has 0 aliphatic rings. The van der Waals surface area contributed by atoms with Gasteiger partial charge in [0.2, 0.25) is 0 Å². The average Bonchev–Trinajstić information content (AvgIpc) is 2.03. The monoisotopic (exact) mass is 182 g/mol. The third-order valence-electron chi connectivity index (χ3n) is 3.16. The van der Waals surface area contributed by atoms with Gasteiger partial charge in [-0.1, -0.05) is 53.2 Å². The smallest absolute Gasteiger partial charge is 0.0294 e. The summed E-state index contributed by atoms with van der Waals surface area (Å²) in [6.07, 6.45) is 3.66. The van der Waals surface area contributed by atoms with Crippen LogP contribution < -0.4 is 0 Å². The van der Waals surface area contributed by atoms with E-state index in [1.807, 2.05) is 0 Å². The molecule has 0 spiro atoms. The van der Waals surface area contributed by atoms with Gasteiger partial charge in [-0.25, -0.2) is 0 Å². The third kappa shape index (κ3) is 5.13. The summed E-state index contributed by atoms with van der Waals surface area (Å²) >= 11 is 0. The first-order chi connectivity index (χ1) is 5.99. The molecule has 0 heterocycles. The maximum atomic E-state index is 4.13. The molecular weight excluding hydrogens is 156 g/mol. The second kappa shape index (κ2) is 6.23. The van der Waals surface area contributed by atoms with E-state index in [0.717, 1.165) is 17.8 Å². The van der Waals surface area contributed by atoms with Crippen LogP contribution >= 0.6 is 0 Å². The molecule has 0 nitrogen and oxygen atoms in total. The van der Waals surface area contributed by atoms with Crippen LogP contribution in [-0.2, 0) is 0 Å². The molecule has 0 saturated heterocycles. The van der Waals surface area contributed by atoms with Crippen LogP contribution in [-0.4, -0.2) is 0 Å². The minimum atomic E-state index is 0.791. The van der Waals surface area contributed by atoms with Crippen molar-refractivity contribution in [3.8, 4) is 0 Å². The molecule has 0 aliphatic carbocycles. The summed E-state index contributed by atoms with van der Waals surface area (Å²) in [5.41, 5.74) is 1.43. The van der Waals surface area contributed by atoms with Crippen LogP contribution in [0.3, 0.4) is 0 Å². The Morgan fingerprint density at radius 3 is 2.08 bits per heavy atom. The standard InChI is InChI=1S/C13H26/c1-7-8-11(4)9-12(5)13(6)10(2)3/h10,12-13H,4,7-9H2,1-3,5-6H3. The van der Waals surface area contributed by atoms with Gasteiger partial charge in [-0.3, -0.25) is 0 Å². The van der Waals surface area contributed by atoms with Crippen molar-refractivity contribution >= 4 is 0 Å². The fourth-order valence-corrected chi connectivity index (χ4v) is 1.75. The Morgan fingerprint density at radius 1 is 1.15 bits per heavy atom. The molecular formula is C13H26. The zero-order valence-corrected chi connectivity index (χ0v) is 10.1. The van der Waals surface area contributed by atoms with E-state index < -0.39 is 0 Å². The van der Waals surface area contributed by atoms with E-state index in [9.17, 15) is 0 Å². The summed E-state index contributed by atoms with van der Waals surface area (Å²) in [4.78, 5) is 0. The summed E-state index contributed by atoms with van der Waals surface area (Å²) in [5.74, 6) is 2.40. The highest BCUT2D eigenvalue weighted by molar-refractivity contribution is 4.95. The van der Waals surface area contributed by atoms with Gasteiger partial charge in [-0.15, -0.1) is 0 Å². The Balaban J connectivity index is 3.85. The number of hydrogen-bond donors (Lipinski definition) is 0. The Bertz CT molecular complexity index is 144. The van der Waals surface area contributed by atoms with Gasteiger partial charge in [-0.05, 0) is 30.6 Å². The Morgan fingerprint density at radius 2 is 1.69 bits per heavy atom. The van der Waals surface area contributed by atoms with Crippen molar-refractivity contribution < 1.29 is 0 Å². The van der Waals surface area contributed by atoms with Crippen LogP contribution in [0.15, 0.2) is 12.2 Å².